The van der Waals surface area contributed by atoms with Crippen molar-refractivity contribution in [2.24, 2.45) is 5.10 Å². The number of halogens is 1. The summed E-state index contributed by atoms with van der Waals surface area (Å²) in [4.78, 5) is 2.48. The standard InChI is InChI=1S/C21H27N3O2.ClH/c1-17-4-6-18(7-5-17)16-23-10-12-24(13-11-23)22-15-19-8-9-20(25-2)14-21(19)26-3;/h4-9,14-15H,10-13,16H2,1-3H3;1H. The summed E-state index contributed by atoms with van der Waals surface area (Å²) < 4.78 is 10.7. The van der Waals surface area contributed by atoms with Crippen molar-refractivity contribution in [3.63, 3.8) is 0 Å². The summed E-state index contributed by atoms with van der Waals surface area (Å²) in [5, 5.41) is 6.75. The smallest absolute Gasteiger partial charge is 0.131 e. The summed E-state index contributed by atoms with van der Waals surface area (Å²) in [5.41, 5.74) is 3.63. The lowest BCUT2D eigenvalue weighted by Gasteiger charge is -2.33. The number of piperazine rings is 1. The van der Waals surface area contributed by atoms with Crippen molar-refractivity contribution >= 4 is 18.6 Å². The van der Waals surface area contributed by atoms with Crippen LogP contribution in [0.3, 0.4) is 0 Å². The van der Waals surface area contributed by atoms with Gasteiger partial charge in [0.1, 0.15) is 11.5 Å². The van der Waals surface area contributed by atoms with E-state index in [4.69, 9.17) is 9.47 Å². The van der Waals surface area contributed by atoms with Crippen LogP contribution in [0.2, 0.25) is 0 Å². The molecule has 0 radical (unpaired) electrons. The predicted octanol–water partition coefficient (Wildman–Crippen LogP) is 3.59. The highest BCUT2D eigenvalue weighted by Gasteiger charge is 2.15. The number of nitrogens with zero attached hydrogens (tertiary/aromatic N) is 3. The molecule has 6 heteroatoms. The van der Waals surface area contributed by atoms with E-state index in [-0.39, 0.29) is 12.4 Å². The Morgan fingerprint density at radius 1 is 0.963 bits per heavy atom. The van der Waals surface area contributed by atoms with Crippen LogP contribution in [0, 0.1) is 6.92 Å². The van der Waals surface area contributed by atoms with E-state index in [1.807, 2.05) is 24.4 Å². The van der Waals surface area contributed by atoms with Crippen molar-refractivity contribution in [1.29, 1.82) is 0 Å². The molecule has 0 spiro atoms. The molecule has 0 atom stereocenters. The molecule has 1 fully saturated rings. The number of ether oxygens (including phenoxy) is 2. The highest BCUT2D eigenvalue weighted by molar-refractivity contribution is 5.85. The van der Waals surface area contributed by atoms with Gasteiger partial charge >= 0.3 is 0 Å². The Bertz CT molecular complexity index is 742. The van der Waals surface area contributed by atoms with Gasteiger partial charge in [0.15, 0.2) is 0 Å². The van der Waals surface area contributed by atoms with Gasteiger partial charge in [-0.1, -0.05) is 29.8 Å². The number of rotatable bonds is 6. The number of aryl methyl sites for hydroxylation is 1. The maximum Gasteiger partial charge on any atom is 0.131 e. The molecule has 0 aliphatic carbocycles. The zero-order valence-electron chi connectivity index (χ0n) is 16.2. The molecule has 0 saturated carbocycles. The van der Waals surface area contributed by atoms with Gasteiger partial charge in [-0.05, 0) is 24.6 Å². The number of hydrogen-bond donors (Lipinski definition) is 0. The molecule has 0 bridgehead atoms. The molecule has 1 saturated heterocycles. The van der Waals surface area contributed by atoms with Crippen LogP contribution in [-0.4, -0.2) is 56.5 Å². The molecule has 5 nitrogen and oxygen atoms in total. The van der Waals surface area contributed by atoms with Gasteiger partial charge in [-0.25, -0.2) is 0 Å². The molecule has 2 aromatic rings. The maximum atomic E-state index is 5.42. The fourth-order valence-electron chi connectivity index (χ4n) is 3.03. The Morgan fingerprint density at radius 3 is 2.30 bits per heavy atom. The number of benzene rings is 2. The fourth-order valence-corrected chi connectivity index (χ4v) is 3.03. The molecule has 1 heterocycles. The monoisotopic (exact) mass is 389 g/mol. The van der Waals surface area contributed by atoms with Crippen LogP contribution in [0.5, 0.6) is 11.5 Å². The second-order valence-electron chi connectivity index (χ2n) is 6.57. The fraction of sp³-hybridized carbons (Fsp3) is 0.381. The third-order valence-corrected chi connectivity index (χ3v) is 4.68. The van der Waals surface area contributed by atoms with E-state index in [1.54, 1.807) is 14.2 Å². The first kappa shape index (κ1) is 21.1. The summed E-state index contributed by atoms with van der Waals surface area (Å²) in [6, 6.07) is 14.6. The molecule has 1 aliphatic heterocycles. The van der Waals surface area contributed by atoms with Gasteiger partial charge in [-0.15, -0.1) is 12.4 Å². The normalized spacial score (nSPS) is 14.9. The molecule has 2 aromatic carbocycles. The van der Waals surface area contributed by atoms with Crippen LogP contribution >= 0.6 is 12.4 Å². The number of hydrogen-bond acceptors (Lipinski definition) is 5. The molecule has 0 N–H and O–H groups in total. The molecule has 3 rings (SSSR count). The first-order chi connectivity index (χ1) is 12.7. The lowest BCUT2D eigenvalue weighted by Crippen LogP contribution is -2.43. The molecule has 27 heavy (non-hydrogen) atoms. The van der Waals surface area contributed by atoms with Crippen LogP contribution in [0.25, 0.3) is 0 Å². The van der Waals surface area contributed by atoms with E-state index in [9.17, 15) is 0 Å². The highest BCUT2D eigenvalue weighted by Crippen LogP contribution is 2.23. The Hall–Kier alpha value is -2.24. The zero-order valence-corrected chi connectivity index (χ0v) is 17.0. The Kier molecular flexibility index (Phi) is 7.95. The lowest BCUT2D eigenvalue weighted by molar-refractivity contribution is 0.131. The van der Waals surface area contributed by atoms with Gasteiger partial charge in [0.2, 0.25) is 0 Å². The first-order valence-corrected chi connectivity index (χ1v) is 8.97. The van der Waals surface area contributed by atoms with Gasteiger partial charge in [-0.2, -0.15) is 5.10 Å². The minimum absolute atomic E-state index is 0. The average Bonchev–Trinajstić information content (AvgIpc) is 2.69. The molecule has 0 unspecified atom stereocenters. The van der Waals surface area contributed by atoms with Gasteiger partial charge in [-0.3, -0.25) is 9.91 Å². The van der Waals surface area contributed by atoms with E-state index in [2.05, 4.69) is 46.2 Å². The quantitative estimate of drug-likeness (QED) is 0.707. The zero-order chi connectivity index (χ0) is 18.4. The van der Waals surface area contributed by atoms with Crippen molar-refractivity contribution in [2.45, 2.75) is 13.5 Å². The van der Waals surface area contributed by atoms with E-state index in [0.29, 0.717) is 0 Å². The minimum atomic E-state index is 0. The molecule has 146 valence electrons. The van der Waals surface area contributed by atoms with E-state index in [1.165, 1.54) is 11.1 Å². The second kappa shape index (κ2) is 10.2. The summed E-state index contributed by atoms with van der Waals surface area (Å²) in [7, 11) is 3.31. The minimum Gasteiger partial charge on any atom is -0.497 e. The molecule has 1 aliphatic rings. The topological polar surface area (TPSA) is 37.3 Å². The third-order valence-electron chi connectivity index (χ3n) is 4.68. The summed E-state index contributed by atoms with van der Waals surface area (Å²) >= 11 is 0. The van der Waals surface area contributed by atoms with Crippen LogP contribution < -0.4 is 9.47 Å². The van der Waals surface area contributed by atoms with Gasteiger partial charge < -0.3 is 9.47 Å². The Balaban J connectivity index is 0.00000261. The van der Waals surface area contributed by atoms with Gasteiger partial charge in [0.25, 0.3) is 0 Å². The van der Waals surface area contributed by atoms with Crippen LogP contribution in [0.4, 0.5) is 0 Å². The highest BCUT2D eigenvalue weighted by atomic mass is 35.5. The van der Waals surface area contributed by atoms with Gasteiger partial charge in [0, 0.05) is 44.4 Å². The maximum absolute atomic E-state index is 5.42. The van der Waals surface area contributed by atoms with Crippen LogP contribution in [0.15, 0.2) is 47.6 Å². The Morgan fingerprint density at radius 2 is 1.67 bits per heavy atom. The van der Waals surface area contributed by atoms with E-state index >= 15 is 0 Å². The van der Waals surface area contributed by atoms with Crippen LogP contribution in [0.1, 0.15) is 16.7 Å². The largest absolute Gasteiger partial charge is 0.497 e. The molecule has 0 amide bonds. The van der Waals surface area contributed by atoms with Crippen molar-refractivity contribution < 1.29 is 9.47 Å². The van der Waals surface area contributed by atoms with Crippen molar-refractivity contribution in [2.75, 3.05) is 40.4 Å². The SMILES string of the molecule is COc1ccc(C=NN2CCN(Cc3ccc(C)cc3)CC2)c(OC)c1.Cl. The summed E-state index contributed by atoms with van der Waals surface area (Å²) in [6.45, 7) is 7.03. The van der Waals surface area contributed by atoms with Gasteiger partial charge in [0.05, 0.1) is 20.4 Å². The molecular formula is C21H28ClN3O2. The summed E-state index contributed by atoms with van der Waals surface area (Å²) in [5.74, 6) is 1.55. The average molecular weight is 390 g/mol. The number of hydrazone groups is 1. The van der Waals surface area contributed by atoms with Crippen molar-refractivity contribution in [3.05, 3.63) is 59.2 Å². The van der Waals surface area contributed by atoms with E-state index < -0.39 is 0 Å². The second-order valence-corrected chi connectivity index (χ2v) is 6.57. The Labute approximate surface area is 168 Å². The van der Waals surface area contributed by atoms with E-state index in [0.717, 1.165) is 49.8 Å². The number of methoxy groups -OCH3 is 2. The van der Waals surface area contributed by atoms with Crippen LogP contribution in [-0.2, 0) is 6.54 Å². The molecule has 0 aromatic heterocycles. The predicted molar refractivity (Wildman–Crippen MR) is 112 cm³/mol. The third kappa shape index (κ3) is 5.88. The molecular weight excluding hydrogens is 362 g/mol. The first-order valence-electron chi connectivity index (χ1n) is 8.97. The van der Waals surface area contributed by atoms with Crippen molar-refractivity contribution in [3.8, 4) is 11.5 Å². The summed E-state index contributed by atoms with van der Waals surface area (Å²) in [6.07, 6.45) is 1.87. The lowest BCUT2D eigenvalue weighted by atomic mass is 10.1. The van der Waals surface area contributed by atoms with Crippen molar-refractivity contribution in [1.82, 2.24) is 9.91 Å².